The van der Waals surface area contributed by atoms with E-state index in [2.05, 4.69) is 10.6 Å². The summed E-state index contributed by atoms with van der Waals surface area (Å²) in [5.74, 6) is -0.696. The van der Waals surface area contributed by atoms with Crippen LogP contribution in [0.2, 0.25) is 0 Å². The number of benzene rings is 1. The molecule has 1 aromatic carbocycles. The predicted octanol–water partition coefficient (Wildman–Crippen LogP) is 2.61. The van der Waals surface area contributed by atoms with Gasteiger partial charge in [0.25, 0.3) is 0 Å². The van der Waals surface area contributed by atoms with Gasteiger partial charge in [0.1, 0.15) is 5.76 Å². The van der Waals surface area contributed by atoms with Gasteiger partial charge in [-0.15, -0.1) is 0 Å². The number of nitrogens with one attached hydrogen (secondary N) is 2. The molecule has 180 valence electrons. The standard InChI is InChI=1S/C24H33N3O5S/c1-17-15-18(2)22(19(3)16-17)33(30,31)27-13-5-4-7-20(27)9-11-25-23(28)24(29)26-12-10-21-8-6-14-32-21/h6,8,14-16,20H,4-5,7,9-13H2,1-3H3,(H,25,28)(H,26,29). The zero-order valence-corrected chi connectivity index (χ0v) is 20.3. The number of carbonyl (C=O) groups is 2. The Balaban J connectivity index is 1.56. The van der Waals surface area contributed by atoms with E-state index in [1.165, 1.54) is 0 Å². The third-order valence-electron chi connectivity index (χ3n) is 5.95. The Morgan fingerprint density at radius 3 is 2.36 bits per heavy atom. The fourth-order valence-corrected chi connectivity index (χ4v) is 6.68. The molecule has 2 aromatic rings. The van der Waals surface area contributed by atoms with E-state index in [9.17, 15) is 18.0 Å². The number of amides is 2. The molecule has 1 aliphatic rings. The fraction of sp³-hybridized carbons (Fsp3) is 0.500. The molecule has 1 aliphatic heterocycles. The van der Waals surface area contributed by atoms with E-state index >= 15 is 0 Å². The molecule has 8 nitrogen and oxygen atoms in total. The van der Waals surface area contributed by atoms with Gasteiger partial charge >= 0.3 is 11.8 Å². The van der Waals surface area contributed by atoms with Crippen molar-refractivity contribution >= 4 is 21.8 Å². The van der Waals surface area contributed by atoms with Crippen molar-refractivity contribution in [1.82, 2.24) is 14.9 Å². The second-order valence-corrected chi connectivity index (χ2v) is 10.5. The average Bonchev–Trinajstić information content (AvgIpc) is 3.26. The Hall–Kier alpha value is -2.65. The van der Waals surface area contributed by atoms with Crippen LogP contribution in [-0.2, 0) is 26.0 Å². The minimum Gasteiger partial charge on any atom is -0.469 e. The van der Waals surface area contributed by atoms with Crippen LogP contribution in [-0.4, -0.2) is 50.2 Å². The molecule has 0 bridgehead atoms. The van der Waals surface area contributed by atoms with Gasteiger partial charge in [0, 0.05) is 32.1 Å². The van der Waals surface area contributed by atoms with E-state index in [1.807, 2.05) is 32.9 Å². The Kier molecular flexibility index (Phi) is 8.31. The SMILES string of the molecule is Cc1cc(C)c(S(=O)(=O)N2CCCCC2CCNC(=O)C(=O)NCCc2ccco2)c(C)c1. The number of carbonyl (C=O) groups excluding carboxylic acids is 2. The van der Waals surface area contributed by atoms with E-state index in [0.717, 1.165) is 41.7 Å². The summed E-state index contributed by atoms with van der Waals surface area (Å²) in [5.41, 5.74) is 2.52. The van der Waals surface area contributed by atoms with Crippen LogP contribution >= 0.6 is 0 Å². The van der Waals surface area contributed by atoms with Crippen molar-refractivity contribution < 1.29 is 22.4 Å². The summed E-state index contributed by atoms with van der Waals surface area (Å²) in [5, 5.41) is 5.18. The molecule has 3 rings (SSSR count). The van der Waals surface area contributed by atoms with Crippen molar-refractivity contribution in [1.29, 1.82) is 0 Å². The molecule has 0 spiro atoms. The van der Waals surface area contributed by atoms with Crippen LogP contribution in [0, 0.1) is 20.8 Å². The first-order valence-electron chi connectivity index (χ1n) is 11.4. The Labute approximate surface area is 195 Å². The maximum absolute atomic E-state index is 13.5. The molecule has 1 saturated heterocycles. The van der Waals surface area contributed by atoms with Crippen molar-refractivity contribution in [3.05, 3.63) is 53.0 Å². The topological polar surface area (TPSA) is 109 Å². The van der Waals surface area contributed by atoms with Crippen LogP contribution < -0.4 is 10.6 Å². The number of furan rings is 1. The summed E-state index contributed by atoms with van der Waals surface area (Å²) in [6.45, 7) is 6.60. The van der Waals surface area contributed by atoms with Gasteiger partial charge in [0.2, 0.25) is 10.0 Å². The van der Waals surface area contributed by atoms with E-state index in [1.54, 1.807) is 22.7 Å². The van der Waals surface area contributed by atoms with Crippen molar-refractivity contribution in [3.8, 4) is 0 Å². The first kappa shape index (κ1) is 25.0. The first-order chi connectivity index (χ1) is 15.7. The van der Waals surface area contributed by atoms with Crippen molar-refractivity contribution in [2.24, 2.45) is 0 Å². The lowest BCUT2D eigenvalue weighted by atomic mass is 10.0. The van der Waals surface area contributed by atoms with Gasteiger partial charge in [0.05, 0.1) is 11.2 Å². The average molecular weight is 476 g/mol. The lowest BCUT2D eigenvalue weighted by Crippen LogP contribution is -2.46. The number of hydrogen-bond donors (Lipinski definition) is 2. The fourth-order valence-electron chi connectivity index (χ4n) is 4.54. The van der Waals surface area contributed by atoms with Crippen LogP contribution in [0.3, 0.4) is 0 Å². The molecule has 2 amide bonds. The zero-order valence-electron chi connectivity index (χ0n) is 19.5. The molecular weight excluding hydrogens is 442 g/mol. The molecule has 1 aromatic heterocycles. The van der Waals surface area contributed by atoms with Crippen LogP contribution in [0.5, 0.6) is 0 Å². The van der Waals surface area contributed by atoms with E-state index < -0.39 is 21.8 Å². The highest BCUT2D eigenvalue weighted by Crippen LogP contribution is 2.31. The number of nitrogens with zero attached hydrogens (tertiary/aromatic N) is 1. The van der Waals surface area contributed by atoms with Crippen LogP contribution in [0.4, 0.5) is 0 Å². The molecule has 0 radical (unpaired) electrons. The lowest BCUT2D eigenvalue weighted by Gasteiger charge is -2.35. The second-order valence-electron chi connectivity index (χ2n) is 8.62. The van der Waals surface area contributed by atoms with Crippen molar-refractivity contribution in [2.75, 3.05) is 19.6 Å². The molecule has 0 saturated carbocycles. The van der Waals surface area contributed by atoms with Gasteiger partial charge < -0.3 is 15.1 Å². The number of sulfonamides is 1. The summed E-state index contributed by atoms with van der Waals surface area (Å²) >= 11 is 0. The van der Waals surface area contributed by atoms with Gasteiger partial charge in [-0.05, 0) is 63.3 Å². The predicted molar refractivity (Wildman–Crippen MR) is 125 cm³/mol. The number of hydrogen-bond acceptors (Lipinski definition) is 5. The Bertz CT molecular complexity index is 1060. The van der Waals surface area contributed by atoms with Gasteiger partial charge in [-0.1, -0.05) is 24.1 Å². The molecular formula is C24H33N3O5S. The third-order valence-corrected chi connectivity index (χ3v) is 8.21. The highest BCUT2D eigenvalue weighted by molar-refractivity contribution is 7.89. The monoisotopic (exact) mass is 475 g/mol. The summed E-state index contributed by atoms with van der Waals surface area (Å²) in [4.78, 5) is 24.5. The van der Waals surface area contributed by atoms with Crippen LogP contribution in [0.1, 0.15) is 48.1 Å². The van der Waals surface area contributed by atoms with E-state index in [4.69, 9.17) is 4.42 Å². The molecule has 33 heavy (non-hydrogen) atoms. The lowest BCUT2D eigenvalue weighted by molar-refractivity contribution is -0.139. The smallest absolute Gasteiger partial charge is 0.309 e. The van der Waals surface area contributed by atoms with Gasteiger partial charge in [0.15, 0.2) is 0 Å². The van der Waals surface area contributed by atoms with Crippen molar-refractivity contribution in [3.63, 3.8) is 0 Å². The number of piperidine rings is 1. The van der Waals surface area contributed by atoms with Gasteiger partial charge in [-0.3, -0.25) is 9.59 Å². The first-order valence-corrected chi connectivity index (χ1v) is 12.8. The molecule has 0 aliphatic carbocycles. The van der Waals surface area contributed by atoms with Crippen molar-refractivity contribution in [2.45, 2.75) is 63.8 Å². The third kappa shape index (κ3) is 6.23. The maximum Gasteiger partial charge on any atom is 0.309 e. The highest BCUT2D eigenvalue weighted by Gasteiger charge is 2.35. The van der Waals surface area contributed by atoms with Crippen LogP contribution in [0.25, 0.3) is 0 Å². The minimum atomic E-state index is -3.66. The molecule has 9 heteroatoms. The largest absolute Gasteiger partial charge is 0.469 e. The minimum absolute atomic E-state index is 0.217. The van der Waals surface area contributed by atoms with E-state index in [0.29, 0.717) is 30.8 Å². The molecule has 2 heterocycles. The second kappa shape index (κ2) is 11.0. The molecule has 1 unspecified atom stereocenters. The zero-order chi connectivity index (χ0) is 24.0. The Morgan fingerprint density at radius 1 is 1.06 bits per heavy atom. The quantitative estimate of drug-likeness (QED) is 0.571. The van der Waals surface area contributed by atoms with E-state index in [-0.39, 0.29) is 12.6 Å². The highest BCUT2D eigenvalue weighted by atomic mass is 32.2. The molecule has 1 atom stereocenters. The summed E-state index contributed by atoms with van der Waals surface area (Å²) < 4.78 is 33.8. The summed E-state index contributed by atoms with van der Waals surface area (Å²) in [6.07, 6.45) is 4.98. The maximum atomic E-state index is 13.5. The number of rotatable bonds is 8. The van der Waals surface area contributed by atoms with Gasteiger partial charge in [-0.2, -0.15) is 4.31 Å². The summed E-state index contributed by atoms with van der Waals surface area (Å²) in [6, 6.07) is 7.13. The summed E-state index contributed by atoms with van der Waals surface area (Å²) in [7, 11) is -3.66. The Morgan fingerprint density at radius 2 is 1.73 bits per heavy atom. The van der Waals surface area contributed by atoms with Crippen LogP contribution in [0.15, 0.2) is 39.8 Å². The molecule has 2 N–H and O–H groups in total. The normalized spacial score (nSPS) is 17.0. The molecule has 1 fully saturated rings. The van der Waals surface area contributed by atoms with Gasteiger partial charge in [-0.25, -0.2) is 8.42 Å². The number of aryl methyl sites for hydroxylation is 3.